The third kappa shape index (κ3) is 8.43. The molecule has 90 valence electrons. The lowest BCUT2D eigenvalue weighted by Crippen LogP contribution is -2.29. The van der Waals surface area contributed by atoms with Crippen LogP contribution < -0.4 is 5.73 Å². The summed E-state index contributed by atoms with van der Waals surface area (Å²) in [4.78, 5) is 4.33. The van der Waals surface area contributed by atoms with Crippen molar-refractivity contribution in [2.75, 3.05) is 19.8 Å². The molecule has 0 aromatic heterocycles. The van der Waals surface area contributed by atoms with Gasteiger partial charge in [-0.3, -0.25) is 4.99 Å². The topological polar surface area (TPSA) is 47.6 Å². The molecule has 0 bridgehead atoms. The van der Waals surface area contributed by atoms with E-state index in [0.717, 1.165) is 38.4 Å². The zero-order chi connectivity index (χ0) is 11.7. The quantitative estimate of drug-likeness (QED) is 0.402. The Kier molecular flexibility index (Phi) is 7.39. The summed E-state index contributed by atoms with van der Waals surface area (Å²) in [5, 5.41) is 0. The fourth-order valence-corrected chi connectivity index (χ4v) is 0.952. The van der Waals surface area contributed by atoms with E-state index in [1.807, 2.05) is 0 Å². The van der Waals surface area contributed by atoms with Gasteiger partial charge in [0.15, 0.2) is 0 Å². The fourth-order valence-electron chi connectivity index (χ4n) is 0.952. The number of rotatable bonds is 7. The van der Waals surface area contributed by atoms with Crippen LogP contribution >= 0.6 is 0 Å². The van der Waals surface area contributed by atoms with Gasteiger partial charge in [0.05, 0.1) is 5.84 Å². The highest BCUT2D eigenvalue weighted by Crippen LogP contribution is 2.12. The molecule has 0 aliphatic rings. The molecule has 0 spiro atoms. The zero-order valence-corrected chi connectivity index (χ0v) is 10.7. The standard InChI is InChI=1S/C12H26N2O/c1-5-6-9-15-10-7-8-14-11(13)12(2,3)4/h5-10H2,1-4H3,(H2,13,14). The summed E-state index contributed by atoms with van der Waals surface area (Å²) in [5.74, 6) is 0.732. The molecule has 2 N–H and O–H groups in total. The average Bonchev–Trinajstić information content (AvgIpc) is 2.14. The summed E-state index contributed by atoms with van der Waals surface area (Å²) in [6, 6.07) is 0. The molecule has 3 heteroatoms. The Hall–Kier alpha value is -0.570. The number of nitrogens with two attached hydrogens (primary N) is 1. The third-order valence-electron chi connectivity index (χ3n) is 2.14. The molecule has 0 unspecified atom stereocenters. The molecule has 0 atom stereocenters. The first-order chi connectivity index (χ1) is 6.98. The number of hydrogen-bond acceptors (Lipinski definition) is 2. The van der Waals surface area contributed by atoms with E-state index in [4.69, 9.17) is 10.5 Å². The minimum atomic E-state index is -0.0108. The molecule has 0 radical (unpaired) electrons. The molecule has 0 heterocycles. The molecule has 0 aliphatic carbocycles. The predicted molar refractivity (Wildman–Crippen MR) is 66.3 cm³/mol. The van der Waals surface area contributed by atoms with Crippen LogP contribution in [0.3, 0.4) is 0 Å². The van der Waals surface area contributed by atoms with Crippen LogP contribution in [-0.2, 0) is 4.74 Å². The molecular formula is C12H26N2O. The molecule has 0 aromatic rings. The van der Waals surface area contributed by atoms with Crippen molar-refractivity contribution in [3.63, 3.8) is 0 Å². The number of nitrogens with zero attached hydrogens (tertiary/aromatic N) is 1. The predicted octanol–water partition coefficient (Wildman–Crippen LogP) is 2.60. The second kappa shape index (κ2) is 7.69. The number of aliphatic imine (C=N–C) groups is 1. The summed E-state index contributed by atoms with van der Waals surface area (Å²) >= 11 is 0. The van der Waals surface area contributed by atoms with Crippen LogP contribution in [0, 0.1) is 5.41 Å². The normalized spacial score (nSPS) is 13.2. The molecule has 0 rings (SSSR count). The van der Waals surface area contributed by atoms with Crippen LogP contribution in [0.2, 0.25) is 0 Å². The van der Waals surface area contributed by atoms with E-state index in [1.165, 1.54) is 6.42 Å². The molecule has 15 heavy (non-hydrogen) atoms. The van der Waals surface area contributed by atoms with Crippen molar-refractivity contribution in [3.8, 4) is 0 Å². The van der Waals surface area contributed by atoms with E-state index in [0.29, 0.717) is 0 Å². The van der Waals surface area contributed by atoms with Gasteiger partial charge in [-0.2, -0.15) is 0 Å². The average molecular weight is 214 g/mol. The van der Waals surface area contributed by atoms with Crippen LogP contribution in [0.1, 0.15) is 47.0 Å². The lowest BCUT2D eigenvalue weighted by Gasteiger charge is -2.17. The van der Waals surface area contributed by atoms with Gasteiger partial charge in [-0.25, -0.2) is 0 Å². The Morgan fingerprint density at radius 1 is 1.20 bits per heavy atom. The second-order valence-electron chi connectivity index (χ2n) is 4.84. The van der Waals surface area contributed by atoms with Crippen molar-refractivity contribution >= 4 is 5.84 Å². The smallest absolute Gasteiger partial charge is 0.0991 e. The third-order valence-corrected chi connectivity index (χ3v) is 2.14. The van der Waals surface area contributed by atoms with Crippen molar-refractivity contribution in [3.05, 3.63) is 0 Å². The first-order valence-electron chi connectivity index (χ1n) is 5.86. The van der Waals surface area contributed by atoms with Crippen LogP contribution in [0.15, 0.2) is 4.99 Å². The first-order valence-corrected chi connectivity index (χ1v) is 5.86. The molecule has 0 fully saturated rings. The Morgan fingerprint density at radius 2 is 1.80 bits per heavy atom. The van der Waals surface area contributed by atoms with Gasteiger partial charge in [-0.15, -0.1) is 0 Å². The van der Waals surface area contributed by atoms with Gasteiger partial charge in [0.25, 0.3) is 0 Å². The Bertz CT molecular complexity index is 183. The van der Waals surface area contributed by atoms with Gasteiger partial charge in [0.2, 0.25) is 0 Å². The minimum absolute atomic E-state index is 0.0108. The molecule has 0 aromatic carbocycles. The highest BCUT2D eigenvalue weighted by molar-refractivity contribution is 5.85. The SMILES string of the molecule is CCCCOCCCN=C(N)C(C)(C)C. The lowest BCUT2D eigenvalue weighted by atomic mass is 9.95. The Morgan fingerprint density at radius 3 is 2.33 bits per heavy atom. The van der Waals surface area contributed by atoms with Crippen LogP contribution in [0.25, 0.3) is 0 Å². The van der Waals surface area contributed by atoms with E-state index in [-0.39, 0.29) is 5.41 Å². The maximum atomic E-state index is 5.82. The zero-order valence-electron chi connectivity index (χ0n) is 10.7. The number of ether oxygens (including phenoxy) is 1. The van der Waals surface area contributed by atoms with E-state index >= 15 is 0 Å². The van der Waals surface area contributed by atoms with Crippen molar-refractivity contribution in [1.82, 2.24) is 0 Å². The fraction of sp³-hybridized carbons (Fsp3) is 0.917. The molecule has 0 saturated carbocycles. The number of amidine groups is 1. The molecule has 3 nitrogen and oxygen atoms in total. The van der Waals surface area contributed by atoms with Gasteiger partial charge >= 0.3 is 0 Å². The van der Waals surface area contributed by atoms with Crippen LogP contribution in [-0.4, -0.2) is 25.6 Å². The van der Waals surface area contributed by atoms with Gasteiger partial charge in [-0.1, -0.05) is 34.1 Å². The first kappa shape index (κ1) is 14.4. The highest BCUT2D eigenvalue weighted by Gasteiger charge is 2.14. The summed E-state index contributed by atoms with van der Waals surface area (Å²) in [6.07, 6.45) is 3.29. The van der Waals surface area contributed by atoms with E-state index in [2.05, 4.69) is 32.7 Å². The number of unbranched alkanes of at least 4 members (excludes halogenated alkanes) is 1. The van der Waals surface area contributed by atoms with Gasteiger partial charge in [0.1, 0.15) is 0 Å². The van der Waals surface area contributed by atoms with E-state index in [1.54, 1.807) is 0 Å². The Labute approximate surface area is 94.1 Å². The summed E-state index contributed by atoms with van der Waals surface area (Å²) in [5.41, 5.74) is 5.81. The van der Waals surface area contributed by atoms with Crippen molar-refractivity contribution in [2.24, 2.45) is 16.1 Å². The monoisotopic (exact) mass is 214 g/mol. The lowest BCUT2D eigenvalue weighted by molar-refractivity contribution is 0.130. The van der Waals surface area contributed by atoms with Crippen molar-refractivity contribution in [2.45, 2.75) is 47.0 Å². The second-order valence-corrected chi connectivity index (χ2v) is 4.84. The molecule has 0 aliphatic heterocycles. The van der Waals surface area contributed by atoms with Gasteiger partial charge in [-0.05, 0) is 12.8 Å². The maximum Gasteiger partial charge on any atom is 0.0991 e. The molecule has 0 saturated heterocycles. The van der Waals surface area contributed by atoms with Crippen LogP contribution in [0.4, 0.5) is 0 Å². The van der Waals surface area contributed by atoms with E-state index < -0.39 is 0 Å². The molecular weight excluding hydrogens is 188 g/mol. The van der Waals surface area contributed by atoms with Gasteiger partial charge in [0, 0.05) is 25.2 Å². The summed E-state index contributed by atoms with van der Waals surface area (Å²) in [6.45, 7) is 10.8. The largest absolute Gasteiger partial charge is 0.387 e. The van der Waals surface area contributed by atoms with Crippen molar-refractivity contribution in [1.29, 1.82) is 0 Å². The minimum Gasteiger partial charge on any atom is -0.387 e. The van der Waals surface area contributed by atoms with Gasteiger partial charge < -0.3 is 10.5 Å². The Balaban J connectivity index is 3.45. The maximum absolute atomic E-state index is 5.82. The highest BCUT2D eigenvalue weighted by atomic mass is 16.5. The van der Waals surface area contributed by atoms with Crippen LogP contribution in [0.5, 0.6) is 0 Å². The number of hydrogen-bond donors (Lipinski definition) is 1. The van der Waals surface area contributed by atoms with E-state index in [9.17, 15) is 0 Å². The summed E-state index contributed by atoms with van der Waals surface area (Å²) < 4.78 is 5.43. The van der Waals surface area contributed by atoms with Crippen molar-refractivity contribution < 1.29 is 4.74 Å². The molecule has 0 amide bonds. The summed E-state index contributed by atoms with van der Waals surface area (Å²) in [7, 11) is 0.